The highest BCUT2D eigenvalue weighted by atomic mass is 35.5. The van der Waals surface area contributed by atoms with Gasteiger partial charge in [0.2, 0.25) is 0 Å². The Hall–Kier alpha value is -2.48. The average molecular weight is 445 g/mol. The Labute approximate surface area is 179 Å². The summed E-state index contributed by atoms with van der Waals surface area (Å²) in [5.74, 6) is -0.399. The number of halogens is 2. The molecule has 0 saturated carbocycles. The number of carbonyl (C=O) groups is 1. The van der Waals surface area contributed by atoms with E-state index in [0.717, 1.165) is 11.8 Å². The molecule has 0 saturated heterocycles. The second-order valence-corrected chi connectivity index (χ2v) is 8.53. The van der Waals surface area contributed by atoms with Gasteiger partial charge in [-0.1, -0.05) is 41.6 Å². The monoisotopic (exact) mass is 444 g/mol. The molecule has 0 aliphatic rings. The minimum absolute atomic E-state index is 0.0455. The summed E-state index contributed by atoms with van der Waals surface area (Å²) < 4.78 is 16.1. The number of ketones is 1. The molecule has 0 aliphatic heterocycles. The van der Waals surface area contributed by atoms with Gasteiger partial charge in [0, 0.05) is 16.1 Å². The molecule has 0 radical (unpaired) electrons. The van der Waals surface area contributed by atoms with Gasteiger partial charge in [-0.3, -0.25) is 14.2 Å². The molecule has 0 spiro atoms. The predicted octanol–water partition coefficient (Wildman–Crippen LogP) is 5.27. The highest BCUT2D eigenvalue weighted by Gasteiger charge is 2.16. The van der Waals surface area contributed by atoms with E-state index in [-0.39, 0.29) is 29.5 Å². The van der Waals surface area contributed by atoms with Crippen LogP contribution >= 0.6 is 34.7 Å². The molecule has 0 atom stereocenters. The molecule has 0 aliphatic carbocycles. The third-order valence-corrected chi connectivity index (χ3v) is 6.44. The number of rotatable bonds is 6. The van der Waals surface area contributed by atoms with Crippen LogP contribution in [0.15, 0.2) is 69.9 Å². The molecule has 4 aromatic rings. The summed E-state index contributed by atoms with van der Waals surface area (Å²) >= 11 is 8.33. The van der Waals surface area contributed by atoms with E-state index in [1.807, 2.05) is 0 Å². The zero-order valence-electron chi connectivity index (χ0n) is 15.0. The zero-order valence-corrected chi connectivity index (χ0v) is 17.4. The molecule has 2 aromatic heterocycles. The molecule has 2 aromatic carbocycles. The molecule has 0 fully saturated rings. The maximum absolute atomic E-state index is 14.2. The van der Waals surface area contributed by atoms with Crippen molar-refractivity contribution in [3.63, 3.8) is 0 Å². The number of fused-ring (bicyclic) bond motifs is 1. The van der Waals surface area contributed by atoms with E-state index in [4.69, 9.17) is 11.6 Å². The first kappa shape index (κ1) is 19.8. The van der Waals surface area contributed by atoms with Crippen LogP contribution in [0.5, 0.6) is 0 Å². The first-order valence-corrected chi connectivity index (χ1v) is 10.9. The second kappa shape index (κ2) is 8.49. The minimum Gasteiger partial charge on any atom is -0.293 e. The number of thioether (sulfide) groups is 1. The van der Waals surface area contributed by atoms with E-state index in [9.17, 15) is 14.0 Å². The molecule has 2 heterocycles. The van der Waals surface area contributed by atoms with Crippen molar-refractivity contribution in [1.82, 2.24) is 9.55 Å². The number of Topliss-reactive ketones (excluding diaryl/α,β-unsaturated/α-hetero) is 1. The Balaban J connectivity index is 1.67. The lowest BCUT2D eigenvalue weighted by atomic mass is 10.1. The van der Waals surface area contributed by atoms with Gasteiger partial charge in [0.25, 0.3) is 5.56 Å². The van der Waals surface area contributed by atoms with E-state index in [1.165, 1.54) is 22.0 Å². The number of carbonyl (C=O) groups excluding carboxylic acids is 1. The first-order valence-electron chi connectivity index (χ1n) is 8.66. The number of thiophene rings is 1. The van der Waals surface area contributed by atoms with Crippen LogP contribution in [0, 0.1) is 5.82 Å². The van der Waals surface area contributed by atoms with Crippen LogP contribution < -0.4 is 5.56 Å². The van der Waals surface area contributed by atoms with Gasteiger partial charge in [-0.2, -0.15) is 0 Å². The van der Waals surface area contributed by atoms with E-state index >= 15 is 0 Å². The van der Waals surface area contributed by atoms with Crippen molar-refractivity contribution in [3.05, 3.63) is 92.3 Å². The Bertz CT molecular complexity index is 1250. The molecule has 0 bridgehead atoms. The van der Waals surface area contributed by atoms with Crippen LogP contribution in [0.3, 0.4) is 0 Å². The van der Waals surface area contributed by atoms with Gasteiger partial charge < -0.3 is 0 Å². The summed E-state index contributed by atoms with van der Waals surface area (Å²) in [6.07, 6.45) is 0. The molecule has 0 unspecified atom stereocenters. The van der Waals surface area contributed by atoms with E-state index in [0.29, 0.717) is 31.5 Å². The average Bonchev–Trinajstić information content (AvgIpc) is 3.19. The van der Waals surface area contributed by atoms with Gasteiger partial charge in [0.05, 0.1) is 17.8 Å². The molecule has 29 heavy (non-hydrogen) atoms. The summed E-state index contributed by atoms with van der Waals surface area (Å²) in [4.78, 5) is 30.0. The molecule has 146 valence electrons. The quantitative estimate of drug-likeness (QED) is 0.231. The Morgan fingerprint density at radius 3 is 2.66 bits per heavy atom. The Kier molecular flexibility index (Phi) is 5.80. The van der Waals surface area contributed by atoms with Gasteiger partial charge in [0.15, 0.2) is 10.9 Å². The van der Waals surface area contributed by atoms with Crippen molar-refractivity contribution in [2.45, 2.75) is 11.7 Å². The van der Waals surface area contributed by atoms with E-state index < -0.39 is 0 Å². The summed E-state index contributed by atoms with van der Waals surface area (Å²) in [6.45, 7) is 0.0455. The SMILES string of the molecule is O=C(CSc1nc2ccsc2c(=O)n1Cc1ccccc1F)c1ccc(Cl)cc1. The Morgan fingerprint density at radius 1 is 1.14 bits per heavy atom. The van der Waals surface area contributed by atoms with Crippen molar-refractivity contribution in [3.8, 4) is 0 Å². The lowest BCUT2D eigenvalue weighted by Crippen LogP contribution is -2.24. The molecule has 0 N–H and O–H groups in total. The Morgan fingerprint density at radius 2 is 1.90 bits per heavy atom. The molecule has 0 amide bonds. The summed E-state index contributed by atoms with van der Waals surface area (Å²) in [7, 11) is 0. The van der Waals surface area contributed by atoms with Crippen molar-refractivity contribution in [1.29, 1.82) is 0 Å². The fraction of sp³-hybridized carbons (Fsp3) is 0.0952. The highest BCUT2D eigenvalue weighted by Crippen LogP contribution is 2.23. The number of hydrogen-bond acceptors (Lipinski definition) is 5. The maximum Gasteiger partial charge on any atom is 0.272 e. The molecular weight excluding hydrogens is 431 g/mol. The summed E-state index contributed by atoms with van der Waals surface area (Å²) in [5, 5.41) is 2.73. The van der Waals surface area contributed by atoms with Crippen LogP contribution in [0.1, 0.15) is 15.9 Å². The number of benzene rings is 2. The highest BCUT2D eigenvalue weighted by molar-refractivity contribution is 7.99. The van der Waals surface area contributed by atoms with Gasteiger partial charge in [-0.25, -0.2) is 9.37 Å². The fourth-order valence-electron chi connectivity index (χ4n) is 2.82. The lowest BCUT2D eigenvalue weighted by molar-refractivity contribution is 0.102. The molecule has 8 heteroatoms. The third kappa shape index (κ3) is 4.27. The third-order valence-electron chi connectivity index (χ3n) is 4.32. The number of aromatic nitrogens is 2. The van der Waals surface area contributed by atoms with Crippen molar-refractivity contribution < 1.29 is 9.18 Å². The van der Waals surface area contributed by atoms with Crippen LogP contribution in [0.2, 0.25) is 5.02 Å². The van der Waals surface area contributed by atoms with E-state index in [2.05, 4.69) is 4.98 Å². The standard InChI is InChI=1S/C21H14ClFN2O2S2/c22-15-7-5-13(6-8-15)18(26)12-29-21-24-17-9-10-28-19(17)20(27)25(21)11-14-3-1-2-4-16(14)23/h1-10H,11-12H2. The van der Waals surface area contributed by atoms with Gasteiger partial charge >= 0.3 is 0 Å². The minimum atomic E-state index is -0.390. The van der Waals surface area contributed by atoms with Crippen molar-refractivity contribution >= 4 is 50.7 Å². The van der Waals surface area contributed by atoms with Crippen LogP contribution in [0.4, 0.5) is 4.39 Å². The smallest absolute Gasteiger partial charge is 0.272 e. The van der Waals surface area contributed by atoms with Gasteiger partial charge in [-0.05, 0) is 41.8 Å². The largest absolute Gasteiger partial charge is 0.293 e. The lowest BCUT2D eigenvalue weighted by Gasteiger charge is -2.12. The number of nitrogens with zero attached hydrogens (tertiary/aromatic N) is 2. The molecule has 4 nitrogen and oxygen atoms in total. The zero-order chi connectivity index (χ0) is 20.4. The maximum atomic E-state index is 14.2. The topological polar surface area (TPSA) is 52.0 Å². The summed E-state index contributed by atoms with van der Waals surface area (Å²) in [5.41, 5.74) is 1.25. The van der Waals surface area contributed by atoms with Crippen LogP contribution in [-0.4, -0.2) is 21.1 Å². The fourth-order valence-corrected chi connectivity index (χ4v) is 4.62. The number of hydrogen-bond donors (Lipinski definition) is 0. The van der Waals surface area contributed by atoms with Gasteiger partial charge in [-0.15, -0.1) is 11.3 Å². The van der Waals surface area contributed by atoms with E-state index in [1.54, 1.807) is 53.9 Å². The van der Waals surface area contributed by atoms with Crippen molar-refractivity contribution in [2.75, 3.05) is 5.75 Å². The first-order chi connectivity index (χ1) is 14.0. The second-order valence-electron chi connectivity index (χ2n) is 6.23. The molecular formula is C21H14ClFN2O2S2. The normalized spacial score (nSPS) is 11.1. The summed E-state index contributed by atoms with van der Waals surface area (Å²) in [6, 6.07) is 14.7. The van der Waals surface area contributed by atoms with Crippen LogP contribution in [0.25, 0.3) is 10.2 Å². The molecule has 4 rings (SSSR count). The van der Waals surface area contributed by atoms with Crippen LogP contribution in [-0.2, 0) is 6.54 Å². The van der Waals surface area contributed by atoms with Gasteiger partial charge in [0.1, 0.15) is 10.5 Å². The predicted molar refractivity (Wildman–Crippen MR) is 116 cm³/mol. The van der Waals surface area contributed by atoms with Crippen molar-refractivity contribution in [2.24, 2.45) is 0 Å².